The largest absolute Gasteiger partial charge is 0.497 e. The van der Waals surface area contributed by atoms with Crippen molar-refractivity contribution in [3.8, 4) is 11.5 Å². The minimum absolute atomic E-state index is 0.828. The van der Waals surface area contributed by atoms with Crippen molar-refractivity contribution in [2.24, 2.45) is 4.99 Å². The molecule has 3 heteroatoms. The van der Waals surface area contributed by atoms with Gasteiger partial charge in [0, 0.05) is 17.2 Å². The maximum Gasteiger partial charge on any atom is 0.126 e. The average Bonchev–Trinajstić information content (AvgIpc) is 2.60. The van der Waals surface area contributed by atoms with Gasteiger partial charge in [-0.15, -0.1) is 0 Å². The van der Waals surface area contributed by atoms with E-state index in [1.165, 1.54) is 0 Å². The van der Waals surface area contributed by atoms with Crippen molar-refractivity contribution in [3.05, 3.63) is 66.2 Å². The smallest absolute Gasteiger partial charge is 0.126 e. The molecule has 22 heavy (non-hydrogen) atoms. The molecule has 0 bridgehead atoms. The van der Waals surface area contributed by atoms with Gasteiger partial charge >= 0.3 is 0 Å². The number of aliphatic imine (C=N–C) groups is 1. The molecule has 0 radical (unpaired) electrons. The topological polar surface area (TPSA) is 30.8 Å². The second kappa shape index (κ2) is 6.31. The van der Waals surface area contributed by atoms with Crippen molar-refractivity contribution in [1.82, 2.24) is 0 Å². The summed E-state index contributed by atoms with van der Waals surface area (Å²) in [5, 5.41) is 2.21. The average molecular weight is 291 g/mol. The predicted octanol–water partition coefficient (Wildman–Crippen LogP) is 4.61. The Morgan fingerprint density at radius 1 is 0.773 bits per heavy atom. The van der Waals surface area contributed by atoms with Crippen molar-refractivity contribution in [1.29, 1.82) is 0 Å². The number of methoxy groups -OCH3 is 2. The lowest BCUT2D eigenvalue weighted by Crippen LogP contribution is -1.89. The van der Waals surface area contributed by atoms with E-state index in [4.69, 9.17) is 9.47 Å². The Hall–Kier alpha value is -2.81. The molecule has 0 N–H and O–H groups in total. The predicted molar refractivity (Wildman–Crippen MR) is 90.7 cm³/mol. The van der Waals surface area contributed by atoms with Crippen LogP contribution < -0.4 is 9.47 Å². The van der Waals surface area contributed by atoms with Crippen LogP contribution in [0.3, 0.4) is 0 Å². The quantitative estimate of drug-likeness (QED) is 0.657. The SMILES string of the molecule is COc1ccc(N=Cc2ccc(OC)c3ccccc23)cc1. The molecule has 0 heterocycles. The van der Waals surface area contributed by atoms with Gasteiger partial charge < -0.3 is 9.47 Å². The summed E-state index contributed by atoms with van der Waals surface area (Å²) in [7, 11) is 3.34. The number of ether oxygens (including phenoxy) is 2. The summed E-state index contributed by atoms with van der Waals surface area (Å²) < 4.78 is 10.6. The third-order valence-corrected chi connectivity index (χ3v) is 3.56. The number of benzene rings is 3. The molecule has 3 rings (SSSR count). The van der Waals surface area contributed by atoms with E-state index in [0.29, 0.717) is 0 Å². The first-order valence-corrected chi connectivity index (χ1v) is 7.05. The van der Waals surface area contributed by atoms with Crippen molar-refractivity contribution in [2.75, 3.05) is 14.2 Å². The number of fused-ring (bicyclic) bond motifs is 1. The molecule has 0 spiro atoms. The molecular formula is C19H17NO2. The second-order valence-electron chi connectivity index (χ2n) is 4.86. The number of hydrogen-bond donors (Lipinski definition) is 0. The minimum Gasteiger partial charge on any atom is -0.497 e. The summed E-state index contributed by atoms with van der Waals surface area (Å²) in [5.41, 5.74) is 1.95. The third-order valence-electron chi connectivity index (χ3n) is 3.56. The molecule has 0 atom stereocenters. The van der Waals surface area contributed by atoms with Crippen LogP contribution in [0, 0.1) is 0 Å². The van der Waals surface area contributed by atoms with E-state index in [1.807, 2.05) is 54.7 Å². The Bertz CT molecular complexity index is 807. The first-order chi connectivity index (χ1) is 10.8. The summed E-state index contributed by atoms with van der Waals surface area (Å²) >= 11 is 0. The fraction of sp³-hybridized carbons (Fsp3) is 0.105. The molecule has 3 aromatic carbocycles. The van der Waals surface area contributed by atoms with Gasteiger partial charge in [-0.05, 0) is 41.8 Å². The van der Waals surface area contributed by atoms with Gasteiger partial charge in [0.1, 0.15) is 11.5 Å². The van der Waals surface area contributed by atoms with Gasteiger partial charge in [0.05, 0.1) is 19.9 Å². The van der Waals surface area contributed by atoms with Gasteiger partial charge in [-0.25, -0.2) is 0 Å². The molecule has 0 amide bonds. The first-order valence-electron chi connectivity index (χ1n) is 7.05. The van der Waals surface area contributed by atoms with Gasteiger partial charge in [0.25, 0.3) is 0 Å². The Kier molecular flexibility index (Phi) is 4.05. The van der Waals surface area contributed by atoms with Crippen LogP contribution in [0.4, 0.5) is 5.69 Å². The Labute approximate surface area is 129 Å². The normalized spacial score (nSPS) is 11.0. The Balaban J connectivity index is 1.98. The summed E-state index contributed by atoms with van der Waals surface area (Å²) in [5.74, 6) is 1.70. The van der Waals surface area contributed by atoms with Crippen LogP contribution in [0.1, 0.15) is 5.56 Å². The van der Waals surface area contributed by atoms with Gasteiger partial charge in [-0.2, -0.15) is 0 Å². The van der Waals surface area contributed by atoms with Crippen LogP contribution in [-0.4, -0.2) is 20.4 Å². The lowest BCUT2D eigenvalue weighted by molar-refractivity contribution is 0.415. The molecule has 0 saturated carbocycles. The molecular weight excluding hydrogens is 274 g/mol. The molecule has 0 unspecified atom stereocenters. The van der Waals surface area contributed by atoms with Crippen LogP contribution in [0.25, 0.3) is 10.8 Å². The monoisotopic (exact) mass is 291 g/mol. The lowest BCUT2D eigenvalue weighted by Gasteiger charge is -2.07. The maximum absolute atomic E-state index is 5.41. The zero-order valence-electron chi connectivity index (χ0n) is 12.6. The van der Waals surface area contributed by atoms with E-state index in [9.17, 15) is 0 Å². The molecule has 0 aliphatic rings. The highest BCUT2D eigenvalue weighted by atomic mass is 16.5. The molecule has 3 nitrogen and oxygen atoms in total. The van der Waals surface area contributed by atoms with Crippen LogP contribution in [0.2, 0.25) is 0 Å². The summed E-state index contributed by atoms with van der Waals surface area (Å²) in [6.45, 7) is 0. The van der Waals surface area contributed by atoms with Crippen LogP contribution in [0.15, 0.2) is 65.7 Å². The van der Waals surface area contributed by atoms with Crippen molar-refractivity contribution in [2.45, 2.75) is 0 Å². The van der Waals surface area contributed by atoms with Gasteiger partial charge in [0.15, 0.2) is 0 Å². The molecule has 0 saturated heterocycles. The van der Waals surface area contributed by atoms with E-state index in [0.717, 1.165) is 33.5 Å². The van der Waals surface area contributed by atoms with Crippen LogP contribution in [0.5, 0.6) is 11.5 Å². The highest BCUT2D eigenvalue weighted by Gasteiger charge is 2.04. The van der Waals surface area contributed by atoms with E-state index in [2.05, 4.69) is 17.1 Å². The third kappa shape index (κ3) is 2.79. The summed E-state index contributed by atoms with van der Waals surface area (Å²) in [6.07, 6.45) is 1.88. The highest BCUT2D eigenvalue weighted by Crippen LogP contribution is 2.28. The minimum atomic E-state index is 0.828. The van der Waals surface area contributed by atoms with E-state index < -0.39 is 0 Å². The second-order valence-corrected chi connectivity index (χ2v) is 4.86. The first kappa shape index (κ1) is 14.1. The Morgan fingerprint density at radius 3 is 2.18 bits per heavy atom. The fourth-order valence-corrected chi connectivity index (χ4v) is 2.40. The fourth-order valence-electron chi connectivity index (χ4n) is 2.40. The zero-order valence-corrected chi connectivity index (χ0v) is 12.6. The van der Waals surface area contributed by atoms with E-state index >= 15 is 0 Å². The molecule has 0 fully saturated rings. The number of hydrogen-bond acceptors (Lipinski definition) is 3. The number of nitrogens with zero attached hydrogens (tertiary/aromatic N) is 1. The van der Waals surface area contributed by atoms with Crippen molar-refractivity contribution >= 4 is 22.7 Å². The van der Waals surface area contributed by atoms with E-state index in [-0.39, 0.29) is 0 Å². The lowest BCUT2D eigenvalue weighted by atomic mass is 10.0. The zero-order chi connectivity index (χ0) is 15.4. The molecule has 0 aromatic heterocycles. The molecule has 0 aliphatic heterocycles. The van der Waals surface area contributed by atoms with Crippen molar-refractivity contribution in [3.63, 3.8) is 0 Å². The standard InChI is InChI=1S/C19H17NO2/c1-21-16-10-8-15(9-11-16)20-13-14-7-12-19(22-2)18-6-4-3-5-17(14)18/h3-13H,1-2H3. The van der Waals surface area contributed by atoms with E-state index in [1.54, 1.807) is 14.2 Å². The van der Waals surface area contributed by atoms with Gasteiger partial charge in [0.2, 0.25) is 0 Å². The molecule has 110 valence electrons. The van der Waals surface area contributed by atoms with Crippen LogP contribution in [-0.2, 0) is 0 Å². The Morgan fingerprint density at radius 2 is 1.50 bits per heavy atom. The molecule has 3 aromatic rings. The summed E-state index contributed by atoms with van der Waals surface area (Å²) in [6, 6.07) is 19.8. The summed E-state index contributed by atoms with van der Waals surface area (Å²) in [4.78, 5) is 4.54. The maximum atomic E-state index is 5.41. The van der Waals surface area contributed by atoms with Crippen LogP contribution >= 0.6 is 0 Å². The molecule has 0 aliphatic carbocycles. The van der Waals surface area contributed by atoms with Gasteiger partial charge in [-0.3, -0.25) is 4.99 Å². The number of rotatable bonds is 4. The highest BCUT2D eigenvalue weighted by molar-refractivity contribution is 6.02. The van der Waals surface area contributed by atoms with Crippen molar-refractivity contribution < 1.29 is 9.47 Å². The van der Waals surface area contributed by atoms with Gasteiger partial charge in [-0.1, -0.05) is 24.3 Å².